The summed E-state index contributed by atoms with van der Waals surface area (Å²) < 4.78 is 148. The molecule has 0 spiro atoms. The summed E-state index contributed by atoms with van der Waals surface area (Å²) in [5.41, 5.74) is -11.7. The van der Waals surface area contributed by atoms with Crippen LogP contribution in [0.15, 0.2) is 46.8 Å². The van der Waals surface area contributed by atoms with E-state index in [1.165, 1.54) is 12.1 Å². The highest BCUT2D eigenvalue weighted by Crippen LogP contribution is 2.44. The van der Waals surface area contributed by atoms with E-state index in [0.29, 0.717) is 24.3 Å². The van der Waals surface area contributed by atoms with Crippen LogP contribution in [-0.2, 0) is 25.2 Å². The summed E-state index contributed by atoms with van der Waals surface area (Å²) >= 11 is 0. The van der Waals surface area contributed by atoms with Crippen molar-refractivity contribution in [1.29, 1.82) is 10.5 Å². The number of fused-ring (bicyclic) bond motifs is 2. The number of rotatable bonds is 2. The van der Waals surface area contributed by atoms with Gasteiger partial charge >= 0.3 is 18.2 Å². The number of hydrogen-bond acceptors (Lipinski definition) is 4. The maximum absolute atomic E-state index is 15.1. The fourth-order valence-corrected chi connectivity index (χ4v) is 5.80. The van der Waals surface area contributed by atoms with E-state index in [4.69, 9.17) is 13.1 Å². The van der Waals surface area contributed by atoms with Crippen LogP contribution in [0, 0.1) is 59.6 Å². The molecule has 2 aliphatic carbocycles. The molecule has 0 radical (unpaired) electrons. The number of benzene rings is 1. The Hall–Kier alpha value is -6.00. The van der Waals surface area contributed by atoms with Crippen LogP contribution in [0.25, 0.3) is 20.8 Å². The Balaban J connectivity index is 2.23. The predicted molar refractivity (Wildman–Crippen MR) is 135 cm³/mol. The molecular formula is C30H8F10N6. The first-order valence-electron chi connectivity index (χ1n) is 12.3. The number of allylic oxidation sites excluding steroid dienone is 3. The van der Waals surface area contributed by atoms with Crippen molar-refractivity contribution in [3.63, 3.8) is 0 Å². The first-order valence-corrected chi connectivity index (χ1v) is 12.3. The van der Waals surface area contributed by atoms with Crippen LogP contribution in [-0.4, -0.2) is 9.97 Å². The molecule has 3 aromatic rings. The molecule has 0 saturated carbocycles. The van der Waals surface area contributed by atoms with Gasteiger partial charge in [0.2, 0.25) is 23.8 Å². The minimum absolute atomic E-state index is 0.405. The standard InChI is InChI=1S/C30H8F10N6/c1-43-28(44-2)17-8-16-25(23(17)12-5-20(33)46-21(34)6-12)26(29(35,36)37)15-7-14(13(9-41)10-42)22(24(15)27(16)30(38,39)40)11-3-18(31)45-19(32)4-11/h3-6H,7-8H2. The molecule has 0 aliphatic heterocycles. The van der Waals surface area contributed by atoms with E-state index in [9.17, 15) is 28.1 Å². The summed E-state index contributed by atoms with van der Waals surface area (Å²) in [6, 6.07) is 4.39. The van der Waals surface area contributed by atoms with Gasteiger partial charge in [-0.25, -0.2) is 0 Å². The molecule has 0 atom stereocenters. The Labute approximate surface area is 250 Å². The third kappa shape index (κ3) is 5.00. The molecule has 2 aliphatic rings. The molecule has 16 heteroatoms. The van der Waals surface area contributed by atoms with Crippen molar-refractivity contribution in [3.8, 4) is 12.1 Å². The average molecular weight is 642 g/mol. The molecule has 5 rings (SSSR count). The van der Waals surface area contributed by atoms with Crippen molar-refractivity contribution in [2.45, 2.75) is 25.2 Å². The zero-order valence-corrected chi connectivity index (χ0v) is 22.2. The summed E-state index contributed by atoms with van der Waals surface area (Å²) in [5.74, 6) is -7.33. The van der Waals surface area contributed by atoms with Gasteiger partial charge in [-0.15, -0.1) is 0 Å². The van der Waals surface area contributed by atoms with Crippen LogP contribution < -0.4 is 10.4 Å². The van der Waals surface area contributed by atoms with Crippen LogP contribution in [0.5, 0.6) is 0 Å². The number of hydrogen-bond donors (Lipinski definition) is 0. The molecule has 2 aromatic heterocycles. The summed E-state index contributed by atoms with van der Waals surface area (Å²) in [6.45, 7) is 14.7. The number of pyridine rings is 2. The van der Waals surface area contributed by atoms with E-state index in [-0.39, 0.29) is 0 Å². The number of alkyl halides is 6. The SMILES string of the molecule is [C-]#[N+]C([N+]#[C-])=C1Cc2c(C(F)(F)F)c3c(c(C(F)(F)F)c2=C1c1cc(F)nc(F)c1)CC(=C(C#N)C#N)C=3c1cc(F)nc(F)c1. The lowest BCUT2D eigenvalue weighted by Gasteiger charge is -2.19. The van der Waals surface area contributed by atoms with Gasteiger partial charge in [0.1, 0.15) is 30.9 Å². The zero-order chi connectivity index (χ0) is 33.9. The van der Waals surface area contributed by atoms with Crippen molar-refractivity contribution < 1.29 is 43.9 Å². The van der Waals surface area contributed by atoms with Crippen LogP contribution in [0.1, 0.15) is 33.4 Å². The molecule has 1 aromatic carbocycles. The highest BCUT2D eigenvalue weighted by Gasteiger charge is 2.48. The van der Waals surface area contributed by atoms with Crippen molar-refractivity contribution >= 4 is 11.1 Å². The fourth-order valence-electron chi connectivity index (χ4n) is 5.80. The lowest BCUT2D eigenvalue weighted by atomic mass is 9.91. The topological polar surface area (TPSA) is 82.1 Å². The molecule has 46 heavy (non-hydrogen) atoms. The van der Waals surface area contributed by atoms with Crippen LogP contribution in [0.3, 0.4) is 0 Å². The molecule has 0 fully saturated rings. The number of nitrogens with zero attached hydrogens (tertiary/aromatic N) is 6. The van der Waals surface area contributed by atoms with Gasteiger partial charge < -0.3 is 0 Å². The molecular weight excluding hydrogens is 634 g/mol. The Morgan fingerprint density at radius 1 is 0.652 bits per heavy atom. The highest BCUT2D eigenvalue weighted by atomic mass is 19.4. The largest absolute Gasteiger partial charge is 0.523 e. The minimum Gasteiger partial charge on any atom is -0.192 e. The lowest BCUT2D eigenvalue weighted by molar-refractivity contribution is -0.143. The maximum Gasteiger partial charge on any atom is 0.523 e. The lowest BCUT2D eigenvalue weighted by Crippen LogP contribution is -2.36. The van der Waals surface area contributed by atoms with Gasteiger partial charge in [-0.3, -0.25) is 0 Å². The molecule has 2 heterocycles. The average Bonchev–Trinajstić information content (AvgIpc) is 3.49. The van der Waals surface area contributed by atoms with E-state index >= 15 is 26.3 Å². The molecule has 0 saturated heterocycles. The number of halogens is 10. The Kier molecular flexibility index (Phi) is 7.42. The quantitative estimate of drug-likeness (QED) is 0.149. The normalized spacial score (nSPS) is 13.9. The fraction of sp³-hybridized carbons (Fsp3) is 0.133. The summed E-state index contributed by atoms with van der Waals surface area (Å²) in [6.07, 6.45) is -13.5. The second-order valence-electron chi connectivity index (χ2n) is 9.66. The minimum atomic E-state index is -5.56. The highest BCUT2D eigenvalue weighted by molar-refractivity contribution is 5.90. The van der Waals surface area contributed by atoms with Crippen LogP contribution >= 0.6 is 0 Å². The monoisotopic (exact) mass is 642 g/mol. The molecule has 0 amide bonds. The molecule has 0 bridgehead atoms. The molecule has 228 valence electrons. The maximum atomic E-state index is 15.1. The van der Waals surface area contributed by atoms with Gasteiger partial charge in [0, 0.05) is 30.7 Å². The zero-order valence-electron chi connectivity index (χ0n) is 22.2. The predicted octanol–water partition coefficient (Wildman–Crippen LogP) is 5.97. The van der Waals surface area contributed by atoms with E-state index in [2.05, 4.69) is 19.7 Å². The molecule has 0 unspecified atom stereocenters. The van der Waals surface area contributed by atoms with E-state index < -0.39 is 126 Å². The first-order chi connectivity index (χ1) is 21.5. The summed E-state index contributed by atoms with van der Waals surface area (Å²) in [4.78, 5) is 11.5. The summed E-state index contributed by atoms with van der Waals surface area (Å²) in [7, 11) is 0. The first kappa shape index (κ1) is 31.4. The van der Waals surface area contributed by atoms with Crippen LogP contribution in [0.2, 0.25) is 0 Å². The van der Waals surface area contributed by atoms with Gasteiger partial charge in [-0.2, -0.15) is 74.1 Å². The van der Waals surface area contributed by atoms with Crippen molar-refractivity contribution in [1.82, 2.24) is 9.97 Å². The van der Waals surface area contributed by atoms with E-state index in [1.54, 1.807) is 0 Å². The third-order valence-corrected chi connectivity index (χ3v) is 7.19. The number of nitriles is 2. The van der Waals surface area contributed by atoms with E-state index in [1.807, 2.05) is 0 Å². The smallest absolute Gasteiger partial charge is 0.192 e. The van der Waals surface area contributed by atoms with Crippen LogP contribution in [0.4, 0.5) is 43.9 Å². The van der Waals surface area contributed by atoms with Gasteiger partial charge in [-0.1, -0.05) is 0 Å². The van der Waals surface area contributed by atoms with E-state index in [0.717, 1.165) is 0 Å². The van der Waals surface area contributed by atoms with Gasteiger partial charge in [-0.05, 0) is 55.8 Å². The van der Waals surface area contributed by atoms with Gasteiger partial charge in [0.15, 0.2) is 0 Å². The number of aromatic nitrogens is 2. The Morgan fingerprint density at radius 2 is 1.00 bits per heavy atom. The second-order valence-corrected chi connectivity index (χ2v) is 9.66. The van der Waals surface area contributed by atoms with Gasteiger partial charge in [0.25, 0.3) is 0 Å². The summed E-state index contributed by atoms with van der Waals surface area (Å²) in [5, 5.41) is 16.6. The van der Waals surface area contributed by atoms with Crippen molar-refractivity contribution in [2.24, 2.45) is 0 Å². The molecule has 6 nitrogen and oxygen atoms in total. The second kappa shape index (κ2) is 10.9. The van der Waals surface area contributed by atoms with Crippen molar-refractivity contribution in [3.05, 3.63) is 137 Å². The Morgan fingerprint density at radius 3 is 1.33 bits per heavy atom. The molecule has 0 N–H and O–H groups in total. The Bertz CT molecular complexity index is 2030. The van der Waals surface area contributed by atoms with Gasteiger partial charge in [0.05, 0.1) is 16.7 Å². The van der Waals surface area contributed by atoms with Crippen molar-refractivity contribution in [2.75, 3.05) is 0 Å². The third-order valence-electron chi connectivity index (χ3n) is 7.19.